The van der Waals surface area contributed by atoms with Crippen molar-refractivity contribution in [1.82, 2.24) is 10.3 Å². The van der Waals surface area contributed by atoms with E-state index >= 15 is 0 Å². The molecule has 7 heteroatoms. The highest BCUT2D eigenvalue weighted by atomic mass is 35.5. The predicted molar refractivity (Wildman–Crippen MR) is 102 cm³/mol. The molecule has 1 atom stereocenters. The van der Waals surface area contributed by atoms with E-state index < -0.39 is 11.6 Å². The summed E-state index contributed by atoms with van der Waals surface area (Å²) in [7, 11) is 0. The van der Waals surface area contributed by atoms with Gasteiger partial charge in [0.1, 0.15) is 10.8 Å². The number of carbonyl (C=O) groups is 2. The summed E-state index contributed by atoms with van der Waals surface area (Å²) in [5.74, 6) is -0.772. The minimum absolute atomic E-state index is 0.0828. The first-order valence-corrected chi connectivity index (χ1v) is 8.77. The zero-order valence-electron chi connectivity index (χ0n) is 15.0. The van der Waals surface area contributed by atoms with Gasteiger partial charge in [-0.2, -0.15) is 0 Å². The molecule has 0 spiro atoms. The van der Waals surface area contributed by atoms with E-state index in [1.165, 1.54) is 12.3 Å². The van der Waals surface area contributed by atoms with E-state index in [0.29, 0.717) is 10.6 Å². The number of ether oxygens (including phenoxy) is 1. The van der Waals surface area contributed by atoms with Gasteiger partial charge in [-0.1, -0.05) is 35.3 Å². The molecule has 0 radical (unpaired) electrons. The van der Waals surface area contributed by atoms with Gasteiger partial charge in [0, 0.05) is 6.20 Å². The van der Waals surface area contributed by atoms with Crippen LogP contribution in [0.5, 0.6) is 0 Å². The average Bonchev–Trinajstić information content (AvgIpc) is 2.55. The van der Waals surface area contributed by atoms with Gasteiger partial charge in [0.2, 0.25) is 0 Å². The van der Waals surface area contributed by atoms with Crippen LogP contribution in [-0.2, 0) is 4.74 Å². The van der Waals surface area contributed by atoms with Gasteiger partial charge in [-0.3, -0.25) is 4.79 Å². The second-order valence-electron chi connectivity index (χ2n) is 6.81. The van der Waals surface area contributed by atoms with Crippen molar-refractivity contribution in [3.8, 4) is 0 Å². The van der Waals surface area contributed by atoms with Gasteiger partial charge in [-0.25, -0.2) is 9.78 Å². The summed E-state index contributed by atoms with van der Waals surface area (Å²) in [6.45, 7) is 7.26. The van der Waals surface area contributed by atoms with Crippen LogP contribution in [0, 0.1) is 0 Å². The van der Waals surface area contributed by atoms with Gasteiger partial charge in [-0.15, -0.1) is 0 Å². The Kier molecular flexibility index (Phi) is 6.26. The average molecular weight is 395 g/mol. The summed E-state index contributed by atoms with van der Waals surface area (Å²) in [5, 5.41) is 3.24. The zero-order valence-corrected chi connectivity index (χ0v) is 16.5. The fourth-order valence-electron chi connectivity index (χ4n) is 2.18. The van der Waals surface area contributed by atoms with Crippen molar-refractivity contribution in [2.24, 2.45) is 0 Å². The molecule has 2 aromatic rings. The summed E-state index contributed by atoms with van der Waals surface area (Å²) < 4.78 is 5.33. The molecule has 0 aliphatic rings. The predicted octanol–water partition coefficient (Wildman–Crippen LogP) is 4.83. The third-order valence-electron chi connectivity index (χ3n) is 3.44. The number of esters is 1. The van der Waals surface area contributed by atoms with Crippen LogP contribution in [0.4, 0.5) is 0 Å². The highest BCUT2D eigenvalue weighted by Crippen LogP contribution is 2.20. The number of carbonyl (C=O) groups excluding carboxylic acids is 2. The molecule has 0 aliphatic carbocycles. The molecule has 138 valence electrons. The van der Waals surface area contributed by atoms with E-state index in [4.69, 9.17) is 27.9 Å². The Labute approximate surface area is 162 Å². The first-order valence-electron chi connectivity index (χ1n) is 8.02. The largest absolute Gasteiger partial charge is 0.456 e. The van der Waals surface area contributed by atoms with Crippen molar-refractivity contribution in [2.75, 3.05) is 0 Å². The third kappa shape index (κ3) is 5.44. The van der Waals surface area contributed by atoms with Crippen molar-refractivity contribution in [1.29, 1.82) is 0 Å². The van der Waals surface area contributed by atoms with E-state index in [2.05, 4.69) is 10.3 Å². The second-order valence-corrected chi connectivity index (χ2v) is 7.61. The third-order valence-corrected chi connectivity index (χ3v) is 3.95. The second kappa shape index (κ2) is 8.06. The molecule has 0 aliphatic heterocycles. The lowest BCUT2D eigenvalue weighted by Crippen LogP contribution is -2.27. The van der Waals surface area contributed by atoms with Crippen LogP contribution in [0.15, 0.2) is 36.5 Å². The number of hydrogen-bond donors (Lipinski definition) is 1. The van der Waals surface area contributed by atoms with Crippen LogP contribution in [-0.4, -0.2) is 22.5 Å². The van der Waals surface area contributed by atoms with Crippen LogP contribution in [0.3, 0.4) is 0 Å². The molecular weight excluding hydrogens is 375 g/mol. The molecule has 0 bridgehead atoms. The summed E-state index contributed by atoms with van der Waals surface area (Å²) >= 11 is 11.8. The Morgan fingerprint density at radius 3 is 2.35 bits per heavy atom. The number of benzene rings is 1. The van der Waals surface area contributed by atoms with E-state index in [1.807, 2.05) is 27.7 Å². The highest BCUT2D eigenvalue weighted by molar-refractivity contribution is 6.34. The molecule has 0 fully saturated rings. The van der Waals surface area contributed by atoms with Crippen LogP contribution in [0.25, 0.3) is 0 Å². The number of rotatable bonds is 4. The number of halogens is 2. The number of hydrogen-bond acceptors (Lipinski definition) is 4. The molecule has 2 rings (SSSR count). The van der Waals surface area contributed by atoms with Crippen molar-refractivity contribution >= 4 is 35.1 Å². The first kappa shape index (κ1) is 20.2. The SMILES string of the molecule is C[C@H](NC(=O)c1cc(Cl)cnc1Cl)c1ccc(C(=O)OC(C)(C)C)cc1. The molecule has 1 aromatic carbocycles. The summed E-state index contributed by atoms with van der Waals surface area (Å²) in [6.07, 6.45) is 1.37. The number of aromatic nitrogens is 1. The molecular formula is C19H20Cl2N2O3. The van der Waals surface area contributed by atoms with Crippen molar-refractivity contribution in [3.05, 3.63) is 63.4 Å². The molecule has 1 heterocycles. The Morgan fingerprint density at radius 1 is 1.15 bits per heavy atom. The minimum atomic E-state index is -0.554. The van der Waals surface area contributed by atoms with E-state index in [0.717, 1.165) is 5.56 Å². The zero-order chi connectivity index (χ0) is 19.5. The monoisotopic (exact) mass is 394 g/mol. The van der Waals surface area contributed by atoms with Crippen LogP contribution >= 0.6 is 23.2 Å². The molecule has 0 saturated heterocycles. The Morgan fingerprint density at radius 2 is 1.77 bits per heavy atom. The topological polar surface area (TPSA) is 68.3 Å². The lowest BCUT2D eigenvalue weighted by atomic mass is 10.1. The van der Waals surface area contributed by atoms with Gasteiger partial charge in [0.05, 0.1) is 22.2 Å². The van der Waals surface area contributed by atoms with Gasteiger partial charge in [0.15, 0.2) is 0 Å². The van der Waals surface area contributed by atoms with Gasteiger partial charge in [-0.05, 0) is 51.5 Å². The van der Waals surface area contributed by atoms with Crippen LogP contribution < -0.4 is 5.32 Å². The molecule has 0 unspecified atom stereocenters. The van der Waals surface area contributed by atoms with Crippen molar-refractivity contribution < 1.29 is 14.3 Å². The number of nitrogens with one attached hydrogen (secondary N) is 1. The van der Waals surface area contributed by atoms with Gasteiger partial charge in [0.25, 0.3) is 5.91 Å². The summed E-state index contributed by atoms with van der Waals surface area (Å²) in [6, 6.07) is 8.03. The number of pyridine rings is 1. The fraction of sp³-hybridized carbons (Fsp3) is 0.316. The molecule has 26 heavy (non-hydrogen) atoms. The van der Waals surface area contributed by atoms with E-state index in [9.17, 15) is 9.59 Å². The standard InChI is InChI=1S/C19H20Cl2N2O3/c1-11(23-17(24)15-9-14(20)10-22-16(15)21)12-5-7-13(8-6-12)18(25)26-19(2,3)4/h5-11H,1-4H3,(H,23,24)/t11-/m0/s1. The maximum absolute atomic E-state index is 12.4. The number of nitrogens with zero attached hydrogens (tertiary/aromatic N) is 1. The maximum atomic E-state index is 12.4. The lowest BCUT2D eigenvalue weighted by Gasteiger charge is -2.20. The molecule has 0 saturated carbocycles. The Hall–Kier alpha value is -2.11. The molecule has 1 N–H and O–H groups in total. The first-order chi connectivity index (χ1) is 12.1. The van der Waals surface area contributed by atoms with Gasteiger partial charge >= 0.3 is 5.97 Å². The molecule has 1 amide bonds. The Balaban J connectivity index is 2.08. The minimum Gasteiger partial charge on any atom is -0.456 e. The fourth-order valence-corrected chi connectivity index (χ4v) is 2.53. The van der Waals surface area contributed by atoms with Crippen molar-refractivity contribution in [2.45, 2.75) is 39.3 Å². The summed E-state index contributed by atoms with van der Waals surface area (Å²) in [4.78, 5) is 28.3. The maximum Gasteiger partial charge on any atom is 0.338 e. The van der Waals surface area contributed by atoms with Crippen LogP contribution in [0.1, 0.15) is 60.0 Å². The smallest absolute Gasteiger partial charge is 0.338 e. The van der Waals surface area contributed by atoms with E-state index in [-0.39, 0.29) is 22.7 Å². The molecule has 5 nitrogen and oxygen atoms in total. The lowest BCUT2D eigenvalue weighted by molar-refractivity contribution is 0.00693. The van der Waals surface area contributed by atoms with E-state index in [1.54, 1.807) is 24.3 Å². The Bertz CT molecular complexity index is 815. The van der Waals surface area contributed by atoms with Crippen LogP contribution in [0.2, 0.25) is 10.2 Å². The highest BCUT2D eigenvalue weighted by Gasteiger charge is 2.19. The number of amides is 1. The van der Waals surface area contributed by atoms with Gasteiger partial charge < -0.3 is 10.1 Å². The molecule has 1 aromatic heterocycles. The normalized spacial score (nSPS) is 12.4. The quantitative estimate of drug-likeness (QED) is 0.595. The van der Waals surface area contributed by atoms with Crippen molar-refractivity contribution in [3.63, 3.8) is 0 Å². The summed E-state index contributed by atoms with van der Waals surface area (Å²) in [5.41, 5.74) is 0.929.